The molecule has 0 aromatic heterocycles. The summed E-state index contributed by atoms with van der Waals surface area (Å²) in [4.78, 5) is 35.7. The number of aliphatic hydroxyl groups is 1. The van der Waals surface area contributed by atoms with Crippen molar-refractivity contribution in [3.8, 4) is 0 Å². The zero-order chi connectivity index (χ0) is 15.0. The number of carbonyl (C=O) groups excluding carboxylic acids is 3. The van der Waals surface area contributed by atoms with Gasteiger partial charge in [0.2, 0.25) is 5.91 Å². The number of benzene rings is 1. The Balaban J connectivity index is 1.68. The van der Waals surface area contributed by atoms with E-state index in [0.717, 1.165) is 16.0 Å². The molecule has 3 rings (SSSR count). The minimum absolute atomic E-state index is 0.0823. The van der Waals surface area contributed by atoms with E-state index < -0.39 is 30.0 Å². The van der Waals surface area contributed by atoms with Gasteiger partial charge < -0.3 is 15.7 Å². The van der Waals surface area contributed by atoms with E-state index in [9.17, 15) is 19.5 Å². The van der Waals surface area contributed by atoms with Crippen molar-refractivity contribution in [3.05, 3.63) is 35.4 Å². The van der Waals surface area contributed by atoms with Crippen LogP contribution in [0.2, 0.25) is 0 Å². The average Bonchev–Trinajstić information content (AvgIpc) is 2.93. The van der Waals surface area contributed by atoms with Crippen LogP contribution in [0.25, 0.3) is 0 Å². The number of hydrogen-bond donors (Lipinski definition) is 3. The summed E-state index contributed by atoms with van der Waals surface area (Å²) in [6.07, 6.45) is -0.223. The molecular weight excluding hydrogens is 274 g/mol. The lowest BCUT2D eigenvalue weighted by Gasteiger charge is -2.19. The fourth-order valence-corrected chi connectivity index (χ4v) is 2.73. The smallest absolute Gasteiger partial charge is 0.325 e. The maximum absolute atomic E-state index is 12.0. The highest BCUT2D eigenvalue weighted by Crippen LogP contribution is 2.31. The summed E-state index contributed by atoms with van der Waals surface area (Å²) in [5.74, 6) is -0.899. The molecular formula is C14H15N3O4. The van der Waals surface area contributed by atoms with Crippen molar-refractivity contribution >= 4 is 17.8 Å². The Morgan fingerprint density at radius 2 is 2.14 bits per heavy atom. The molecule has 1 aliphatic heterocycles. The third-order valence-electron chi connectivity index (χ3n) is 3.76. The van der Waals surface area contributed by atoms with Gasteiger partial charge in [-0.05, 0) is 11.1 Å². The zero-order valence-corrected chi connectivity index (χ0v) is 11.2. The Labute approximate surface area is 120 Å². The quantitative estimate of drug-likeness (QED) is 0.642. The second kappa shape index (κ2) is 5.17. The Bertz CT molecular complexity index is 600. The molecule has 1 aliphatic carbocycles. The van der Waals surface area contributed by atoms with Gasteiger partial charge in [-0.3, -0.25) is 14.5 Å². The number of carbonyl (C=O) groups is 3. The minimum Gasteiger partial charge on any atom is -0.390 e. The minimum atomic E-state index is -0.700. The Kier molecular flexibility index (Phi) is 3.34. The summed E-state index contributed by atoms with van der Waals surface area (Å²) in [5, 5.41) is 15.1. The van der Waals surface area contributed by atoms with Crippen LogP contribution in [0.1, 0.15) is 17.2 Å². The fraction of sp³-hybridized carbons (Fsp3) is 0.357. The van der Waals surface area contributed by atoms with Gasteiger partial charge in [0.15, 0.2) is 0 Å². The van der Waals surface area contributed by atoms with E-state index in [1.165, 1.54) is 0 Å². The van der Waals surface area contributed by atoms with Crippen LogP contribution in [-0.2, 0) is 16.0 Å². The third kappa shape index (κ3) is 2.47. The van der Waals surface area contributed by atoms with Gasteiger partial charge in [0.25, 0.3) is 5.91 Å². The van der Waals surface area contributed by atoms with E-state index >= 15 is 0 Å². The summed E-state index contributed by atoms with van der Waals surface area (Å²) < 4.78 is 0. The Hall–Kier alpha value is -2.41. The van der Waals surface area contributed by atoms with Crippen LogP contribution in [-0.4, -0.2) is 47.0 Å². The molecule has 1 fully saturated rings. The van der Waals surface area contributed by atoms with Crippen molar-refractivity contribution in [2.75, 3.05) is 13.1 Å². The normalized spacial score (nSPS) is 24.0. The molecule has 21 heavy (non-hydrogen) atoms. The summed E-state index contributed by atoms with van der Waals surface area (Å²) in [6.45, 7) is -0.420. The maximum atomic E-state index is 12.0. The van der Waals surface area contributed by atoms with Gasteiger partial charge in [-0.1, -0.05) is 24.3 Å². The number of aliphatic hydroxyl groups excluding tert-OH is 1. The molecule has 2 aliphatic rings. The first kappa shape index (κ1) is 13.6. The standard InChI is InChI=1S/C14H15N3O4/c18-10-5-8-3-1-2-4-9(8)13(10)16-11(19)7-17-12(20)6-15-14(17)21/h1-4,10,13,18H,5-7H2,(H,15,21)(H,16,19). The topological polar surface area (TPSA) is 98.7 Å². The molecule has 2 atom stereocenters. The van der Waals surface area contributed by atoms with Gasteiger partial charge in [-0.25, -0.2) is 4.79 Å². The fourth-order valence-electron chi connectivity index (χ4n) is 2.73. The SMILES string of the molecule is O=C(CN1C(=O)CNC1=O)NC1c2ccccc2CC1O. The molecule has 0 bridgehead atoms. The highest BCUT2D eigenvalue weighted by Gasteiger charge is 2.34. The molecule has 0 saturated carbocycles. The van der Waals surface area contributed by atoms with Gasteiger partial charge in [-0.2, -0.15) is 0 Å². The number of urea groups is 1. The van der Waals surface area contributed by atoms with Crippen molar-refractivity contribution < 1.29 is 19.5 Å². The second-order valence-electron chi connectivity index (χ2n) is 5.15. The predicted octanol–water partition coefficient (Wildman–Crippen LogP) is -0.687. The molecule has 3 N–H and O–H groups in total. The molecule has 4 amide bonds. The molecule has 1 heterocycles. The first-order chi connectivity index (χ1) is 10.1. The Morgan fingerprint density at radius 3 is 2.86 bits per heavy atom. The lowest BCUT2D eigenvalue weighted by atomic mass is 10.1. The highest BCUT2D eigenvalue weighted by atomic mass is 16.3. The summed E-state index contributed by atoms with van der Waals surface area (Å²) in [5.41, 5.74) is 1.86. The van der Waals surface area contributed by atoms with E-state index in [2.05, 4.69) is 10.6 Å². The van der Waals surface area contributed by atoms with Crippen LogP contribution in [0.3, 0.4) is 0 Å². The molecule has 1 aromatic rings. The first-order valence-electron chi connectivity index (χ1n) is 6.69. The van der Waals surface area contributed by atoms with Gasteiger partial charge in [0.05, 0.1) is 18.7 Å². The lowest BCUT2D eigenvalue weighted by molar-refractivity contribution is -0.131. The first-order valence-corrected chi connectivity index (χ1v) is 6.69. The van der Waals surface area contributed by atoms with Crippen LogP contribution in [0, 0.1) is 0 Å². The number of nitrogens with zero attached hydrogens (tertiary/aromatic N) is 1. The van der Waals surface area contributed by atoms with Crippen LogP contribution < -0.4 is 10.6 Å². The Morgan fingerprint density at radius 1 is 1.38 bits per heavy atom. The highest BCUT2D eigenvalue weighted by molar-refractivity contribution is 6.04. The molecule has 7 nitrogen and oxygen atoms in total. The molecule has 0 radical (unpaired) electrons. The molecule has 0 spiro atoms. The van der Waals surface area contributed by atoms with E-state index in [1.807, 2.05) is 24.3 Å². The van der Waals surface area contributed by atoms with Crippen molar-refractivity contribution in [1.82, 2.24) is 15.5 Å². The van der Waals surface area contributed by atoms with Crippen LogP contribution in [0.5, 0.6) is 0 Å². The monoisotopic (exact) mass is 289 g/mol. The van der Waals surface area contributed by atoms with Gasteiger partial charge in [0.1, 0.15) is 6.54 Å². The molecule has 7 heteroatoms. The predicted molar refractivity (Wildman–Crippen MR) is 72.1 cm³/mol. The second-order valence-corrected chi connectivity index (χ2v) is 5.15. The van der Waals surface area contributed by atoms with Crippen molar-refractivity contribution in [2.24, 2.45) is 0 Å². The largest absolute Gasteiger partial charge is 0.390 e. The summed E-state index contributed by atoms with van der Waals surface area (Å²) >= 11 is 0. The van der Waals surface area contributed by atoms with Gasteiger partial charge in [-0.15, -0.1) is 0 Å². The van der Waals surface area contributed by atoms with Gasteiger partial charge in [0, 0.05) is 6.42 Å². The number of rotatable bonds is 3. The van der Waals surface area contributed by atoms with Crippen molar-refractivity contribution in [1.29, 1.82) is 0 Å². The number of hydrogen-bond acceptors (Lipinski definition) is 4. The number of nitrogens with one attached hydrogen (secondary N) is 2. The third-order valence-corrected chi connectivity index (χ3v) is 3.76. The molecule has 110 valence electrons. The maximum Gasteiger partial charge on any atom is 0.325 e. The molecule has 1 saturated heterocycles. The number of fused-ring (bicyclic) bond motifs is 1. The van der Waals surface area contributed by atoms with E-state index in [1.54, 1.807) is 0 Å². The summed E-state index contributed by atoms with van der Waals surface area (Å²) in [7, 11) is 0. The van der Waals surface area contributed by atoms with Gasteiger partial charge >= 0.3 is 6.03 Å². The zero-order valence-electron chi connectivity index (χ0n) is 11.2. The molecule has 2 unspecified atom stereocenters. The average molecular weight is 289 g/mol. The van der Waals surface area contributed by atoms with Crippen LogP contribution in [0.4, 0.5) is 4.79 Å². The number of imide groups is 1. The van der Waals surface area contributed by atoms with E-state index in [4.69, 9.17) is 0 Å². The van der Waals surface area contributed by atoms with E-state index in [0.29, 0.717) is 6.42 Å². The van der Waals surface area contributed by atoms with Crippen LogP contribution in [0.15, 0.2) is 24.3 Å². The van der Waals surface area contributed by atoms with E-state index in [-0.39, 0.29) is 13.1 Å². The van der Waals surface area contributed by atoms with Crippen molar-refractivity contribution in [2.45, 2.75) is 18.6 Å². The summed E-state index contributed by atoms with van der Waals surface area (Å²) in [6, 6.07) is 6.40. The van der Waals surface area contributed by atoms with Crippen LogP contribution >= 0.6 is 0 Å². The lowest BCUT2D eigenvalue weighted by Crippen LogP contribution is -2.43. The number of amides is 4. The van der Waals surface area contributed by atoms with Crippen molar-refractivity contribution in [3.63, 3.8) is 0 Å². The molecule has 1 aromatic carbocycles.